The van der Waals surface area contributed by atoms with Crippen LogP contribution < -0.4 is 0 Å². The lowest BCUT2D eigenvalue weighted by atomic mass is 10.1. The lowest BCUT2D eigenvalue weighted by molar-refractivity contribution is -0.154. The molecule has 2 aromatic carbocycles. The van der Waals surface area contributed by atoms with Crippen LogP contribution >= 0.6 is 0 Å². The van der Waals surface area contributed by atoms with Crippen molar-refractivity contribution in [1.29, 1.82) is 0 Å². The molecule has 178 valence electrons. The van der Waals surface area contributed by atoms with E-state index in [1.165, 1.54) is 0 Å². The van der Waals surface area contributed by atoms with Gasteiger partial charge in [0.25, 0.3) is 0 Å². The molecule has 0 saturated carbocycles. The van der Waals surface area contributed by atoms with Crippen LogP contribution in [0.25, 0.3) is 0 Å². The molecule has 0 radical (unpaired) electrons. The van der Waals surface area contributed by atoms with Crippen LogP contribution in [0.5, 0.6) is 0 Å². The van der Waals surface area contributed by atoms with E-state index in [1.807, 2.05) is 0 Å². The zero-order chi connectivity index (χ0) is 24.7. The molecule has 1 fully saturated rings. The van der Waals surface area contributed by atoms with Crippen molar-refractivity contribution in [3.8, 4) is 0 Å². The van der Waals surface area contributed by atoms with E-state index in [4.69, 9.17) is 9.47 Å². The van der Waals surface area contributed by atoms with Crippen molar-refractivity contribution in [1.82, 2.24) is 9.80 Å². The molecule has 2 atom stereocenters. The van der Waals surface area contributed by atoms with E-state index in [0.717, 1.165) is 14.2 Å². The average Bonchev–Trinajstić information content (AvgIpc) is 3.19. The molecule has 11 heteroatoms. The maximum absolute atomic E-state index is 13.1. The van der Waals surface area contributed by atoms with Gasteiger partial charge in [-0.05, 0) is 11.1 Å². The summed E-state index contributed by atoms with van der Waals surface area (Å²) in [6.45, 7) is -0.447. The van der Waals surface area contributed by atoms with Crippen LogP contribution in [0.1, 0.15) is 11.1 Å². The number of esters is 2. The van der Waals surface area contributed by atoms with Crippen molar-refractivity contribution in [2.75, 3.05) is 14.2 Å². The fourth-order valence-corrected chi connectivity index (χ4v) is 3.31. The quantitative estimate of drug-likeness (QED) is 0.462. The molecular weight excluding hydrogens is 448 g/mol. The zero-order valence-electron chi connectivity index (χ0n) is 18.4. The van der Waals surface area contributed by atoms with Crippen molar-refractivity contribution in [3.05, 3.63) is 71.8 Å². The first kappa shape index (κ1) is 24.2. The summed E-state index contributed by atoms with van der Waals surface area (Å²) in [4.78, 5) is 64.5. The van der Waals surface area contributed by atoms with Crippen LogP contribution in [-0.2, 0) is 41.8 Å². The van der Waals surface area contributed by atoms with E-state index in [2.05, 4.69) is 9.47 Å². The summed E-state index contributed by atoms with van der Waals surface area (Å²) in [6, 6.07) is 12.2. The number of carbonyl (C=O) groups is 5. The van der Waals surface area contributed by atoms with Crippen molar-refractivity contribution in [3.63, 3.8) is 0 Å². The number of hydrogen-bond acceptors (Lipinski definition) is 9. The molecule has 34 heavy (non-hydrogen) atoms. The molecule has 0 aromatic heterocycles. The Morgan fingerprint density at radius 2 is 1.03 bits per heavy atom. The van der Waals surface area contributed by atoms with E-state index in [9.17, 15) is 24.0 Å². The molecule has 0 aliphatic carbocycles. The third-order valence-corrected chi connectivity index (χ3v) is 4.96. The Morgan fingerprint density at radius 3 is 1.35 bits per heavy atom. The Morgan fingerprint density at radius 1 is 0.676 bits per heavy atom. The summed E-state index contributed by atoms with van der Waals surface area (Å²) in [6.07, 6.45) is -2.51. The molecule has 3 rings (SSSR count). The number of amides is 4. The fraction of sp³-hybridized carbons (Fsp3) is 0.261. The number of urea groups is 1. The van der Waals surface area contributed by atoms with E-state index in [0.29, 0.717) is 20.9 Å². The number of carbonyl (C=O) groups excluding carboxylic acids is 5. The van der Waals surface area contributed by atoms with Gasteiger partial charge in [0.15, 0.2) is 12.1 Å². The van der Waals surface area contributed by atoms with Gasteiger partial charge < -0.3 is 18.9 Å². The number of hydrogen-bond donors (Lipinski definition) is 0. The highest BCUT2D eigenvalue weighted by molar-refractivity contribution is 6.09. The van der Waals surface area contributed by atoms with Crippen LogP contribution in [-0.4, -0.2) is 66.3 Å². The number of ether oxygens (including phenoxy) is 4. The van der Waals surface area contributed by atoms with E-state index in [1.54, 1.807) is 60.7 Å². The molecule has 0 unspecified atom stereocenters. The Hall–Kier alpha value is -4.41. The average molecular weight is 470 g/mol. The Bertz CT molecular complexity index is 975. The predicted molar refractivity (Wildman–Crippen MR) is 114 cm³/mol. The molecular formula is C23H22N2O9. The van der Waals surface area contributed by atoms with Crippen LogP contribution in [0.3, 0.4) is 0 Å². The van der Waals surface area contributed by atoms with Crippen LogP contribution in [0.2, 0.25) is 0 Å². The number of nitrogens with zero attached hydrogens (tertiary/aromatic N) is 2. The van der Waals surface area contributed by atoms with Gasteiger partial charge in [-0.1, -0.05) is 60.7 Å². The van der Waals surface area contributed by atoms with Gasteiger partial charge in [0.2, 0.25) is 0 Å². The van der Waals surface area contributed by atoms with E-state index >= 15 is 0 Å². The second-order valence-corrected chi connectivity index (χ2v) is 7.04. The topological polar surface area (TPSA) is 129 Å². The summed E-state index contributed by atoms with van der Waals surface area (Å²) < 4.78 is 19.7. The van der Waals surface area contributed by atoms with Crippen molar-refractivity contribution >= 4 is 30.2 Å². The summed E-state index contributed by atoms with van der Waals surface area (Å²) in [5.74, 6) is -2.25. The Balaban J connectivity index is 1.87. The predicted octanol–water partition coefficient (Wildman–Crippen LogP) is 2.48. The Kier molecular flexibility index (Phi) is 7.80. The molecule has 0 N–H and O–H groups in total. The molecule has 4 amide bonds. The fourth-order valence-electron chi connectivity index (χ4n) is 3.31. The standard InChI is InChI=1S/C23H22N2O9/c1-31-19(26)17-18(20(27)32-2)25(23(30)34-14-16-11-7-4-8-12-16)21(28)24(17)22(29)33-13-15-9-5-3-6-10-15/h3-12,17-18H,13-14H2,1-2H3/t17-,18+. The molecule has 1 saturated heterocycles. The highest BCUT2D eigenvalue weighted by atomic mass is 16.6. The molecule has 2 aromatic rings. The second kappa shape index (κ2) is 10.9. The molecule has 0 bridgehead atoms. The number of imide groups is 2. The first-order chi connectivity index (χ1) is 16.4. The molecule has 0 spiro atoms. The SMILES string of the molecule is COC(=O)[C@@H]1[C@H](C(=O)OC)N(C(=O)OCc2ccccc2)C(=O)N1C(=O)OCc1ccccc1. The van der Waals surface area contributed by atoms with Crippen LogP contribution in [0, 0.1) is 0 Å². The van der Waals surface area contributed by atoms with Gasteiger partial charge in [0, 0.05) is 0 Å². The summed E-state index contributed by atoms with van der Waals surface area (Å²) in [5.41, 5.74) is 1.22. The maximum Gasteiger partial charge on any atom is 0.419 e. The highest BCUT2D eigenvalue weighted by Crippen LogP contribution is 2.28. The molecule has 1 aliphatic rings. The smallest absolute Gasteiger partial charge is 0.419 e. The Labute approximate surface area is 194 Å². The number of rotatable bonds is 6. The first-order valence-electron chi connectivity index (χ1n) is 10.1. The van der Waals surface area contributed by atoms with Crippen LogP contribution in [0.4, 0.5) is 14.4 Å². The first-order valence-corrected chi connectivity index (χ1v) is 10.1. The monoisotopic (exact) mass is 470 g/mol. The lowest BCUT2D eigenvalue weighted by Gasteiger charge is -2.22. The number of methoxy groups -OCH3 is 2. The minimum Gasteiger partial charge on any atom is -0.467 e. The van der Waals surface area contributed by atoms with E-state index < -0.39 is 42.2 Å². The summed E-state index contributed by atoms with van der Waals surface area (Å²) in [5, 5.41) is 0. The largest absolute Gasteiger partial charge is 0.467 e. The van der Waals surface area contributed by atoms with Gasteiger partial charge in [-0.25, -0.2) is 33.8 Å². The molecule has 1 heterocycles. The zero-order valence-corrected chi connectivity index (χ0v) is 18.4. The summed E-state index contributed by atoms with van der Waals surface area (Å²) >= 11 is 0. The van der Waals surface area contributed by atoms with Gasteiger partial charge >= 0.3 is 30.2 Å². The summed E-state index contributed by atoms with van der Waals surface area (Å²) in [7, 11) is 2.01. The van der Waals surface area contributed by atoms with Crippen LogP contribution in [0.15, 0.2) is 60.7 Å². The maximum atomic E-state index is 13.1. The van der Waals surface area contributed by atoms with E-state index in [-0.39, 0.29) is 13.2 Å². The molecule has 1 aliphatic heterocycles. The molecule has 11 nitrogen and oxygen atoms in total. The minimum atomic E-state index is -1.84. The second-order valence-electron chi connectivity index (χ2n) is 7.04. The lowest BCUT2D eigenvalue weighted by Crippen LogP contribution is -2.51. The third-order valence-electron chi connectivity index (χ3n) is 4.96. The third kappa shape index (κ3) is 5.14. The normalized spacial score (nSPS) is 17.2. The highest BCUT2D eigenvalue weighted by Gasteiger charge is 2.60. The van der Waals surface area contributed by atoms with Gasteiger partial charge in [-0.2, -0.15) is 0 Å². The van der Waals surface area contributed by atoms with Gasteiger partial charge in [-0.3, -0.25) is 0 Å². The number of benzene rings is 2. The van der Waals surface area contributed by atoms with Gasteiger partial charge in [-0.15, -0.1) is 0 Å². The van der Waals surface area contributed by atoms with Gasteiger partial charge in [0.05, 0.1) is 14.2 Å². The van der Waals surface area contributed by atoms with Crippen molar-refractivity contribution in [2.24, 2.45) is 0 Å². The van der Waals surface area contributed by atoms with Crippen molar-refractivity contribution < 1.29 is 42.9 Å². The van der Waals surface area contributed by atoms with Gasteiger partial charge in [0.1, 0.15) is 13.2 Å². The minimum absolute atomic E-state index is 0.224. The van der Waals surface area contributed by atoms with Crippen molar-refractivity contribution in [2.45, 2.75) is 25.3 Å².